The molecule has 0 aliphatic heterocycles. The number of halogens is 4. The van der Waals surface area contributed by atoms with Gasteiger partial charge in [0.25, 0.3) is 0 Å². The predicted molar refractivity (Wildman–Crippen MR) is 36.0 cm³/mol. The topological polar surface area (TPSA) is 0 Å². The van der Waals surface area contributed by atoms with E-state index in [1.807, 2.05) is 0 Å². The van der Waals surface area contributed by atoms with Crippen LogP contribution in [0, 0.1) is 0 Å². The average molecular weight is 320 g/mol. The second-order valence-corrected chi connectivity index (χ2v) is 15.6. The van der Waals surface area contributed by atoms with Crippen molar-refractivity contribution >= 4 is 47.3 Å². The fourth-order valence-electron chi connectivity index (χ4n) is 0. The third-order valence-corrected chi connectivity index (χ3v) is 0. The van der Waals surface area contributed by atoms with E-state index < -0.39 is 3.73 Å². The largest absolute Gasteiger partial charge is 0.551 e. The van der Waals surface area contributed by atoms with E-state index in [9.17, 15) is 8.22 Å². The highest BCUT2D eigenvalue weighted by atomic mass is 127. The maximum atomic E-state index is 11.1. The first-order valence-corrected chi connectivity index (χ1v) is 8.74. The SMILES string of the molecule is F[Si](F)(I)I. The summed E-state index contributed by atoms with van der Waals surface area (Å²) in [7, 11) is 0. The van der Waals surface area contributed by atoms with Gasteiger partial charge < -0.3 is 0 Å². The van der Waals surface area contributed by atoms with E-state index in [0.29, 0.717) is 0 Å². The summed E-state index contributed by atoms with van der Waals surface area (Å²) in [5.74, 6) is 0. The number of hydrogen-bond donors (Lipinski definition) is 0. The Morgan fingerprint density at radius 1 is 1.20 bits per heavy atom. The zero-order valence-electron chi connectivity index (χ0n) is 2.01. The first kappa shape index (κ1) is 6.54. The minimum absolute atomic E-state index is 1.17. The lowest BCUT2D eigenvalue weighted by Crippen LogP contribution is -1.94. The molecule has 32 valence electrons. The van der Waals surface area contributed by atoms with Gasteiger partial charge in [-0.3, -0.25) is 0 Å². The van der Waals surface area contributed by atoms with Crippen molar-refractivity contribution in [1.82, 2.24) is 0 Å². The molecule has 0 N–H and O–H groups in total. The number of rotatable bonds is 0. The van der Waals surface area contributed by atoms with E-state index in [4.69, 9.17) is 0 Å². The summed E-state index contributed by atoms with van der Waals surface area (Å²) in [6.07, 6.45) is 0. The molecule has 0 aromatic carbocycles. The van der Waals surface area contributed by atoms with Gasteiger partial charge in [0.05, 0.1) is 0 Å². The molecule has 0 aromatic rings. The third kappa shape index (κ3) is 29.3. The lowest BCUT2D eigenvalue weighted by atomic mass is 18.8. The van der Waals surface area contributed by atoms with Gasteiger partial charge in [0.1, 0.15) is 0 Å². The quantitative estimate of drug-likeness (QED) is 0.365. The zero-order chi connectivity index (χ0) is 4.50. The van der Waals surface area contributed by atoms with Crippen LogP contribution >= 0.6 is 43.6 Å². The van der Waals surface area contributed by atoms with Gasteiger partial charge >= 0.3 is 3.73 Å². The molecule has 0 heterocycles. The molecule has 0 aliphatic carbocycles. The van der Waals surface area contributed by atoms with Crippen molar-refractivity contribution in [1.29, 1.82) is 0 Å². The van der Waals surface area contributed by atoms with E-state index in [2.05, 4.69) is 0 Å². The summed E-state index contributed by atoms with van der Waals surface area (Å²) in [6.45, 7) is 0. The van der Waals surface area contributed by atoms with Crippen LogP contribution in [0.5, 0.6) is 0 Å². The monoisotopic (exact) mass is 320 g/mol. The maximum absolute atomic E-state index is 11.1. The highest BCUT2D eigenvalue weighted by Gasteiger charge is 2.24. The first-order valence-electron chi connectivity index (χ1n) is 0.756. The molecule has 0 fully saturated rings. The van der Waals surface area contributed by atoms with Crippen LogP contribution in [0.4, 0.5) is 8.22 Å². The molecule has 0 aromatic heterocycles. The Hall–Kier alpha value is 1.54. The first-order chi connectivity index (χ1) is 2.00. The van der Waals surface area contributed by atoms with Crippen molar-refractivity contribution in [3.05, 3.63) is 0 Å². The highest BCUT2D eigenvalue weighted by molar-refractivity contribution is 14.3. The molecule has 0 saturated heterocycles. The second kappa shape index (κ2) is 2.01. The molecule has 0 rings (SSSR count). The Morgan fingerprint density at radius 3 is 1.20 bits per heavy atom. The minimum atomic E-state index is -3.67. The molecule has 0 unspecified atom stereocenters. The Kier molecular flexibility index (Phi) is 2.62. The van der Waals surface area contributed by atoms with E-state index in [1.54, 1.807) is 0 Å². The van der Waals surface area contributed by atoms with E-state index >= 15 is 0 Å². The minimum Gasteiger partial charge on any atom is -0.248 e. The van der Waals surface area contributed by atoms with Crippen LogP contribution in [0.3, 0.4) is 0 Å². The molecule has 0 aliphatic rings. The highest BCUT2D eigenvalue weighted by Crippen LogP contribution is 2.23. The van der Waals surface area contributed by atoms with Gasteiger partial charge in [-0.1, -0.05) is 0 Å². The van der Waals surface area contributed by atoms with Crippen molar-refractivity contribution < 1.29 is 8.22 Å². The molecule has 0 nitrogen and oxygen atoms in total. The van der Waals surface area contributed by atoms with Crippen LogP contribution in [-0.2, 0) is 0 Å². The average Bonchev–Trinajstić information content (AvgIpc) is 0.722. The van der Waals surface area contributed by atoms with Crippen molar-refractivity contribution in [3.8, 4) is 0 Å². The summed E-state index contributed by atoms with van der Waals surface area (Å²) < 4.78 is 18.6. The molecule has 0 saturated carbocycles. The van der Waals surface area contributed by atoms with E-state index in [-0.39, 0.29) is 0 Å². The van der Waals surface area contributed by atoms with Crippen LogP contribution in [0.25, 0.3) is 0 Å². The van der Waals surface area contributed by atoms with Gasteiger partial charge in [-0.2, -0.15) is 0 Å². The lowest BCUT2D eigenvalue weighted by molar-refractivity contribution is 0.701. The van der Waals surface area contributed by atoms with Crippen molar-refractivity contribution in [2.24, 2.45) is 0 Å². The smallest absolute Gasteiger partial charge is 0.248 e. The zero-order valence-corrected chi connectivity index (χ0v) is 7.33. The summed E-state index contributed by atoms with van der Waals surface area (Å²) in [6, 6.07) is 0. The summed E-state index contributed by atoms with van der Waals surface area (Å²) in [5, 5.41) is 0. The predicted octanol–water partition coefficient (Wildman–Crippen LogP) is 2.23. The van der Waals surface area contributed by atoms with E-state index in [0.717, 1.165) is 0 Å². The van der Waals surface area contributed by atoms with Crippen LogP contribution in [-0.4, -0.2) is 3.73 Å². The molecule has 0 radical (unpaired) electrons. The lowest BCUT2D eigenvalue weighted by Gasteiger charge is -1.83. The Labute approximate surface area is 55.1 Å². The molecule has 0 atom stereocenters. The second-order valence-electron chi connectivity index (χ2n) is 0.429. The van der Waals surface area contributed by atoms with Crippen LogP contribution in [0.1, 0.15) is 0 Å². The fourth-order valence-corrected chi connectivity index (χ4v) is 0. The maximum Gasteiger partial charge on any atom is 0.551 e. The summed E-state index contributed by atoms with van der Waals surface area (Å²) in [4.78, 5) is 0. The van der Waals surface area contributed by atoms with Crippen LogP contribution in [0.2, 0.25) is 0 Å². The molecule has 0 bridgehead atoms. The Balaban J connectivity index is 3.02. The normalized spacial score (nSPS) is 12.0. The molecule has 0 amide bonds. The van der Waals surface area contributed by atoms with Gasteiger partial charge in [0, 0.05) is 0 Å². The van der Waals surface area contributed by atoms with Crippen LogP contribution < -0.4 is 0 Å². The van der Waals surface area contributed by atoms with Gasteiger partial charge in [-0.05, 0) is 43.6 Å². The molecule has 5 heteroatoms. The van der Waals surface area contributed by atoms with Gasteiger partial charge in [-0.25, -0.2) is 8.22 Å². The molecular formula is F2I2Si. The van der Waals surface area contributed by atoms with E-state index in [1.165, 1.54) is 43.6 Å². The fraction of sp³-hybridized carbons (Fsp3) is 0. The van der Waals surface area contributed by atoms with Crippen molar-refractivity contribution in [3.63, 3.8) is 0 Å². The van der Waals surface area contributed by atoms with Crippen molar-refractivity contribution in [2.45, 2.75) is 0 Å². The third-order valence-electron chi connectivity index (χ3n) is 0. The van der Waals surface area contributed by atoms with Gasteiger partial charge in [-0.15, -0.1) is 0 Å². The standard InChI is InChI=1S/F2I2Si/c1-5(2,3)4. The van der Waals surface area contributed by atoms with Gasteiger partial charge in [0.2, 0.25) is 0 Å². The van der Waals surface area contributed by atoms with Crippen LogP contribution in [0.15, 0.2) is 0 Å². The van der Waals surface area contributed by atoms with Gasteiger partial charge in [0.15, 0.2) is 0 Å². The summed E-state index contributed by atoms with van der Waals surface area (Å²) >= 11 is 2.34. The van der Waals surface area contributed by atoms with Crippen molar-refractivity contribution in [2.75, 3.05) is 0 Å². The molecule has 5 heavy (non-hydrogen) atoms. The number of hydrogen-bond acceptors (Lipinski definition) is 0. The Morgan fingerprint density at radius 2 is 1.20 bits per heavy atom. The molecule has 0 spiro atoms. The summed E-state index contributed by atoms with van der Waals surface area (Å²) in [5.41, 5.74) is 0. The molecular weight excluding hydrogens is 320 g/mol. The Bertz CT molecular complexity index is 23.1.